The summed E-state index contributed by atoms with van der Waals surface area (Å²) in [6, 6.07) is 0.794. The highest BCUT2D eigenvalue weighted by atomic mass is 28.4. The summed E-state index contributed by atoms with van der Waals surface area (Å²) in [6.45, 7) is 2.86. The van der Waals surface area contributed by atoms with Gasteiger partial charge in [-0.05, 0) is 19.3 Å². The van der Waals surface area contributed by atoms with Gasteiger partial charge in [-0.15, -0.1) is 0 Å². The Morgan fingerprint density at radius 3 is 1.90 bits per heavy atom. The van der Waals surface area contributed by atoms with Crippen LogP contribution in [-0.2, 0) is 18.0 Å². The van der Waals surface area contributed by atoms with Crippen LogP contribution in [0.2, 0.25) is 6.04 Å². The lowest BCUT2D eigenvalue weighted by atomic mass is 9.88. The highest BCUT2D eigenvalue weighted by Crippen LogP contribution is 2.21. The minimum atomic E-state index is -2.44. The second-order valence-electron chi connectivity index (χ2n) is 5.33. The van der Waals surface area contributed by atoms with E-state index < -0.39 is 14.2 Å². The molecule has 7 heteroatoms. The molecule has 0 atom stereocenters. The number of aliphatic hydroxyl groups excluding tert-OH is 2. The molecule has 0 aromatic heterocycles. The standard InChI is InChI=1S/C14H32O6Si/c1-5-14(11-15,12-16)13-20-9-7-6-8-10-21(17-2,18-3)19-4/h15-16H,5-13H2,1-4H3. The van der Waals surface area contributed by atoms with Crippen molar-refractivity contribution in [3.8, 4) is 0 Å². The van der Waals surface area contributed by atoms with Crippen molar-refractivity contribution in [1.29, 1.82) is 0 Å². The lowest BCUT2D eigenvalue weighted by Crippen LogP contribution is -2.42. The molecular weight excluding hydrogens is 292 g/mol. The summed E-state index contributed by atoms with van der Waals surface area (Å²) < 4.78 is 21.7. The Bertz CT molecular complexity index is 203. The molecule has 0 fully saturated rings. The number of hydrogen-bond donors (Lipinski definition) is 2. The lowest BCUT2D eigenvalue weighted by molar-refractivity contribution is -0.0306. The number of unbranched alkanes of at least 4 members (excludes halogenated alkanes) is 2. The predicted octanol–water partition coefficient (Wildman–Crippen LogP) is 1.43. The average Bonchev–Trinajstić information content (AvgIpc) is 2.55. The first kappa shape index (κ1) is 21.0. The molecule has 0 aliphatic carbocycles. The van der Waals surface area contributed by atoms with Crippen molar-refractivity contribution >= 4 is 8.80 Å². The third kappa shape index (κ3) is 7.18. The highest BCUT2D eigenvalue weighted by Gasteiger charge is 2.36. The van der Waals surface area contributed by atoms with Crippen LogP contribution in [0, 0.1) is 5.41 Å². The summed E-state index contributed by atoms with van der Waals surface area (Å²) >= 11 is 0. The molecule has 0 heterocycles. The van der Waals surface area contributed by atoms with E-state index in [0.717, 1.165) is 25.3 Å². The Kier molecular flexibility index (Phi) is 11.5. The fourth-order valence-electron chi connectivity index (χ4n) is 2.03. The van der Waals surface area contributed by atoms with E-state index in [1.807, 2.05) is 6.92 Å². The molecule has 0 rings (SSSR count). The summed E-state index contributed by atoms with van der Waals surface area (Å²) in [4.78, 5) is 0. The van der Waals surface area contributed by atoms with Crippen LogP contribution in [0.1, 0.15) is 32.6 Å². The van der Waals surface area contributed by atoms with Crippen molar-refractivity contribution in [3.63, 3.8) is 0 Å². The Hall–Kier alpha value is -0.0231. The van der Waals surface area contributed by atoms with Crippen LogP contribution >= 0.6 is 0 Å². The van der Waals surface area contributed by atoms with E-state index in [1.165, 1.54) is 0 Å². The van der Waals surface area contributed by atoms with E-state index in [2.05, 4.69) is 0 Å². The van der Waals surface area contributed by atoms with E-state index in [-0.39, 0.29) is 13.2 Å². The van der Waals surface area contributed by atoms with Crippen LogP contribution in [0.15, 0.2) is 0 Å². The van der Waals surface area contributed by atoms with Gasteiger partial charge < -0.3 is 28.2 Å². The largest absolute Gasteiger partial charge is 0.500 e. The molecule has 0 unspecified atom stereocenters. The normalized spacial score (nSPS) is 12.9. The Labute approximate surface area is 129 Å². The van der Waals surface area contributed by atoms with E-state index in [1.54, 1.807) is 21.3 Å². The molecule has 0 bridgehead atoms. The molecule has 0 aromatic carbocycles. The molecule has 0 aliphatic rings. The minimum absolute atomic E-state index is 0.0519. The molecule has 0 amide bonds. The van der Waals surface area contributed by atoms with Gasteiger partial charge in [-0.2, -0.15) is 0 Å². The second-order valence-corrected chi connectivity index (χ2v) is 8.42. The minimum Gasteiger partial charge on any atom is -0.396 e. The van der Waals surface area contributed by atoms with Gasteiger partial charge in [0.15, 0.2) is 0 Å². The maximum atomic E-state index is 9.31. The van der Waals surface area contributed by atoms with Crippen molar-refractivity contribution in [2.75, 3.05) is 47.8 Å². The molecule has 0 aromatic rings. The lowest BCUT2D eigenvalue weighted by Gasteiger charge is -2.27. The summed E-state index contributed by atoms with van der Waals surface area (Å²) in [5, 5.41) is 18.6. The topological polar surface area (TPSA) is 77.4 Å². The molecule has 6 nitrogen and oxygen atoms in total. The molecule has 0 spiro atoms. The van der Waals surface area contributed by atoms with Gasteiger partial charge >= 0.3 is 8.80 Å². The van der Waals surface area contributed by atoms with E-state index >= 15 is 0 Å². The molecule has 0 saturated carbocycles. The molecule has 0 saturated heterocycles. The van der Waals surface area contributed by atoms with Crippen molar-refractivity contribution in [2.45, 2.75) is 38.7 Å². The smallest absolute Gasteiger partial charge is 0.396 e. The zero-order valence-corrected chi connectivity index (χ0v) is 14.9. The van der Waals surface area contributed by atoms with Gasteiger partial charge in [-0.1, -0.05) is 13.3 Å². The number of ether oxygens (including phenoxy) is 1. The summed E-state index contributed by atoms with van der Waals surface area (Å²) in [7, 11) is 2.42. The Morgan fingerprint density at radius 1 is 0.905 bits per heavy atom. The van der Waals surface area contributed by atoms with E-state index in [9.17, 15) is 10.2 Å². The van der Waals surface area contributed by atoms with Crippen LogP contribution in [0.25, 0.3) is 0 Å². The quantitative estimate of drug-likeness (QED) is 0.372. The van der Waals surface area contributed by atoms with E-state index in [4.69, 9.17) is 18.0 Å². The van der Waals surface area contributed by atoms with Crippen molar-refractivity contribution < 1.29 is 28.2 Å². The van der Waals surface area contributed by atoms with Gasteiger partial charge in [-0.3, -0.25) is 0 Å². The molecule has 0 radical (unpaired) electrons. The second kappa shape index (κ2) is 11.5. The molecule has 21 heavy (non-hydrogen) atoms. The zero-order chi connectivity index (χ0) is 16.2. The fraction of sp³-hybridized carbons (Fsp3) is 1.00. The van der Waals surface area contributed by atoms with Crippen LogP contribution in [0.3, 0.4) is 0 Å². The van der Waals surface area contributed by atoms with Crippen LogP contribution in [0.5, 0.6) is 0 Å². The summed E-state index contributed by atoms with van der Waals surface area (Å²) in [5.41, 5.74) is -0.510. The van der Waals surface area contributed by atoms with Crippen LogP contribution in [0.4, 0.5) is 0 Å². The van der Waals surface area contributed by atoms with Crippen LogP contribution < -0.4 is 0 Å². The molecule has 128 valence electrons. The van der Waals surface area contributed by atoms with Gasteiger partial charge in [0, 0.05) is 39.4 Å². The SMILES string of the molecule is CCC(CO)(CO)COCCCCC[Si](OC)(OC)OC. The fourth-order valence-corrected chi connectivity index (χ4v) is 3.83. The van der Waals surface area contributed by atoms with Gasteiger partial charge in [0.05, 0.1) is 19.8 Å². The Balaban J connectivity index is 3.78. The maximum absolute atomic E-state index is 9.31. The molecular formula is C14H32O6Si. The van der Waals surface area contributed by atoms with E-state index in [0.29, 0.717) is 19.6 Å². The van der Waals surface area contributed by atoms with Crippen LogP contribution in [-0.4, -0.2) is 66.8 Å². The van der Waals surface area contributed by atoms with Crippen molar-refractivity contribution in [2.24, 2.45) is 5.41 Å². The third-order valence-electron chi connectivity index (χ3n) is 4.03. The highest BCUT2D eigenvalue weighted by molar-refractivity contribution is 6.60. The number of aliphatic hydroxyl groups is 2. The maximum Gasteiger partial charge on any atom is 0.500 e. The third-order valence-corrected chi connectivity index (χ3v) is 6.87. The Morgan fingerprint density at radius 2 is 1.48 bits per heavy atom. The number of hydrogen-bond acceptors (Lipinski definition) is 6. The first-order valence-electron chi connectivity index (χ1n) is 7.52. The van der Waals surface area contributed by atoms with Crippen molar-refractivity contribution in [3.05, 3.63) is 0 Å². The van der Waals surface area contributed by atoms with Crippen molar-refractivity contribution in [1.82, 2.24) is 0 Å². The zero-order valence-electron chi connectivity index (χ0n) is 13.9. The van der Waals surface area contributed by atoms with Gasteiger partial charge in [0.25, 0.3) is 0 Å². The van der Waals surface area contributed by atoms with Gasteiger partial charge in [0.2, 0.25) is 0 Å². The van der Waals surface area contributed by atoms with Gasteiger partial charge in [-0.25, -0.2) is 0 Å². The monoisotopic (exact) mass is 324 g/mol. The first-order valence-corrected chi connectivity index (χ1v) is 9.45. The van der Waals surface area contributed by atoms with Gasteiger partial charge in [0.1, 0.15) is 0 Å². The average molecular weight is 324 g/mol. The molecule has 0 aliphatic heterocycles. The summed E-state index contributed by atoms with van der Waals surface area (Å²) in [6.07, 6.45) is 3.59. The summed E-state index contributed by atoms with van der Waals surface area (Å²) in [5.74, 6) is 0. The first-order chi connectivity index (χ1) is 10.1. The predicted molar refractivity (Wildman–Crippen MR) is 83.2 cm³/mol. The molecule has 2 N–H and O–H groups in total. The number of rotatable bonds is 14.